The van der Waals surface area contributed by atoms with Crippen LogP contribution in [0.1, 0.15) is 12.6 Å². The molecule has 1 unspecified atom stereocenters. The summed E-state index contributed by atoms with van der Waals surface area (Å²) in [4.78, 5) is 34.6. The lowest BCUT2D eigenvalue weighted by atomic mass is 10.2. The van der Waals surface area contributed by atoms with Crippen LogP contribution in [0.25, 0.3) is 0 Å². The van der Waals surface area contributed by atoms with Gasteiger partial charge in [-0.2, -0.15) is 0 Å². The van der Waals surface area contributed by atoms with Crippen LogP contribution < -0.4 is 16.0 Å². The molecule has 1 aliphatic rings. The number of amides is 2. The monoisotopic (exact) mass is 343 g/mol. The Bertz CT molecular complexity index is 791. The number of carbonyl (C=O) groups excluding carboxylic acids is 2. The molecule has 2 aromatic rings. The second-order valence-corrected chi connectivity index (χ2v) is 6.77. The first-order valence-corrected chi connectivity index (χ1v) is 8.30. The zero-order valence-electron chi connectivity index (χ0n) is 13.3. The van der Waals surface area contributed by atoms with E-state index in [1.165, 1.54) is 16.7 Å². The SMILES string of the molecule is Cc1cc(N)nc(SC(C)C(=O)N2CC(=O)Nc3ccccc32)n1. The number of aryl methyl sites for hydroxylation is 1. The molecule has 0 aliphatic carbocycles. The number of nitrogen functional groups attached to an aromatic ring is 1. The van der Waals surface area contributed by atoms with Crippen molar-refractivity contribution in [2.45, 2.75) is 24.3 Å². The second kappa shape index (κ2) is 6.48. The predicted molar refractivity (Wildman–Crippen MR) is 93.9 cm³/mol. The summed E-state index contributed by atoms with van der Waals surface area (Å²) in [6.07, 6.45) is 0. The largest absolute Gasteiger partial charge is 0.384 e. The summed E-state index contributed by atoms with van der Waals surface area (Å²) in [6, 6.07) is 8.90. The fraction of sp³-hybridized carbons (Fsp3) is 0.250. The number of nitrogens with one attached hydrogen (secondary N) is 1. The number of nitrogens with zero attached hydrogens (tertiary/aromatic N) is 3. The van der Waals surface area contributed by atoms with Crippen LogP contribution in [0.5, 0.6) is 0 Å². The highest BCUT2D eigenvalue weighted by Gasteiger charge is 2.30. The number of para-hydroxylation sites is 2. The third kappa shape index (κ3) is 3.33. The number of thioether (sulfide) groups is 1. The lowest BCUT2D eigenvalue weighted by molar-refractivity contribution is -0.121. The molecule has 3 rings (SSSR count). The summed E-state index contributed by atoms with van der Waals surface area (Å²) in [5.41, 5.74) is 7.79. The highest BCUT2D eigenvalue weighted by Crippen LogP contribution is 2.31. The van der Waals surface area contributed by atoms with Gasteiger partial charge in [0.15, 0.2) is 5.16 Å². The zero-order valence-corrected chi connectivity index (χ0v) is 14.1. The molecule has 124 valence electrons. The normalized spacial score (nSPS) is 14.8. The van der Waals surface area contributed by atoms with E-state index in [2.05, 4.69) is 15.3 Å². The van der Waals surface area contributed by atoms with Crippen molar-refractivity contribution in [2.24, 2.45) is 0 Å². The first-order chi connectivity index (χ1) is 11.4. The van der Waals surface area contributed by atoms with E-state index in [0.717, 1.165) is 5.69 Å². The Morgan fingerprint density at radius 3 is 2.88 bits per heavy atom. The number of anilines is 3. The molecule has 1 aliphatic heterocycles. The van der Waals surface area contributed by atoms with E-state index < -0.39 is 5.25 Å². The van der Waals surface area contributed by atoms with E-state index in [-0.39, 0.29) is 18.4 Å². The first-order valence-electron chi connectivity index (χ1n) is 7.42. The minimum absolute atomic E-state index is 0.00242. The Kier molecular flexibility index (Phi) is 4.39. The third-order valence-electron chi connectivity index (χ3n) is 3.52. The van der Waals surface area contributed by atoms with Gasteiger partial charge in [0.2, 0.25) is 11.8 Å². The third-order valence-corrected chi connectivity index (χ3v) is 4.47. The topological polar surface area (TPSA) is 101 Å². The number of rotatable bonds is 3. The number of hydrogen-bond acceptors (Lipinski definition) is 6. The van der Waals surface area contributed by atoms with Crippen molar-refractivity contribution in [3.05, 3.63) is 36.0 Å². The van der Waals surface area contributed by atoms with Gasteiger partial charge in [0.25, 0.3) is 0 Å². The lowest BCUT2D eigenvalue weighted by Crippen LogP contribution is -2.45. The van der Waals surface area contributed by atoms with Crippen molar-refractivity contribution in [3.63, 3.8) is 0 Å². The molecule has 0 fully saturated rings. The van der Waals surface area contributed by atoms with Crippen LogP contribution in [0.4, 0.5) is 17.2 Å². The van der Waals surface area contributed by atoms with Crippen LogP contribution in [-0.4, -0.2) is 33.6 Å². The molecule has 0 saturated carbocycles. The van der Waals surface area contributed by atoms with Gasteiger partial charge in [-0.3, -0.25) is 14.5 Å². The summed E-state index contributed by atoms with van der Waals surface area (Å²) in [7, 11) is 0. The Hall–Kier alpha value is -2.61. The van der Waals surface area contributed by atoms with Gasteiger partial charge < -0.3 is 11.1 Å². The lowest BCUT2D eigenvalue weighted by Gasteiger charge is -2.30. The standard InChI is InChI=1S/C16H17N5O2S/c1-9-7-13(17)20-16(18-9)24-10(2)15(23)21-8-14(22)19-11-5-3-4-6-12(11)21/h3-7,10H,8H2,1-2H3,(H,19,22)(H2,17,18,20). The van der Waals surface area contributed by atoms with Gasteiger partial charge >= 0.3 is 0 Å². The molecule has 2 amide bonds. The van der Waals surface area contributed by atoms with Crippen LogP contribution >= 0.6 is 11.8 Å². The molecule has 1 aromatic carbocycles. The van der Waals surface area contributed by atoms with Crippen molar-refractivity contribution in [1.29, 1.82) is 0 Å². The highest BCUT2D eigenvalue weighted by atomic mass is 32.2. The summed E-state index contributed by atoms with van der Waals surface area (Å²) in [5, 5.41) is 2.76. The molecule has 2 heterocycles. The smallest absolute Gasteiger partial charge is 0.244 e. The van der Waals surface area contributed by atoms with E-state index in [9.17, 15) is 9.59 Å². The number of hydrogen-bond donors (Lipinski definition) is 2. The first kappa shape index (κ1) is 16.3. The fourth-order valence-electron chi connectivity index (χ4n) is 2.48. The van der Waals surface area contributed by atoms with E-state index in [1.54, 1.807) is 19.1 Å². The molecule has 0 saturated heterocycles. The Morgan fingerprint density at radius 1 is 1.38 bits per heavy atom. The van der Waals surface area contributed by atoms with Crippen molar-refractivity contribution < 1.29 is 9.59 Å². The number of carbonyl (C=O) groups is 2. The number of benzene rings is 1. The Morgan fingerprint density at radius 2 is 2.12 bits per heavy atom. The molecule has 7 nitrogen and oxygen atoms in total. The summed E-state index contributed by atoms with van der Waals surface area (Å²) >= 11 is 1.22. The van der Waals surface area contributed by atoms with Crippen molar-refractivity contribution in [3.8, 4) is 0 Å². The van der Waals surface area contributed by atoms with Crippen LogP contribution in [0.3, 0.4) is 0 Å². The Balaban J connectivity index is 1.82. The predicted octanol–water partition coefficient (Wildman–Crippen LogP) is 1.83. The highest BCUT2D eigenvalue weighted by molar-refractivity contribution is 8.00. The number of fused-ring (bicyclic) bond motifs is 1. The fourth-order valence-corrected chi connectivity index (χ4v) is 3.37. The number of aromatic nitrogens is 2. The molecule has 1 atom stereocenters. The molecule has 0 radical (unpaired) electrons. The molecule has 3 N–H and O–H groups in total. The number of nitrogens with two attached hydrogens (primary N) is 1. The molecule has 1 aromatic heterocycles. The summed E-state index contributed by atoms with van der Waals surface area (Å²) in [5.74, 6) is -0.0198. The van der Waals surface area contributed by atoms with Crippen molar-refractivity contribution in [1.82, 2.24) is 9.97 Å². The van der Waals surface area contributed by atoms with E-state index in [4.69, 9.17) is 5.73 Å². The van der Waals surface area contributed by atoms with Crippen LogP contribution in [0.2, 0.25) is 0 Å². The average molecular weight is 343 g/mol. The summed E-state index contributed by atoms with van der Waals surface area (Å²) < 4.78 is 0. The van der Waals surface area contributed by atoms with Crippen molar-refractivity contribution >= 4 is 40.8 Å². The summed E-state index contributed by atoms with van der Waals surface area (Å²) in [6.45, 7) is 3.58. The van der Waals surface area contributed by atoms with Gasteiger partial charge in [-0.05, 0) is 26.0 Å². The minimum atomic E-state index is -0.454. The maximum absolute atomic E-state index is 12.8. The van der Waals surface area contributed by atoms with E-state index >= 15 is 0 Å². The van der Waals surface area contributed by atoms with Gasteiger partial charge in [0.1, 0.15) is 12.4 Å². The molecule has 0 spiro atoms. The molecule has 8 heteroatoms. The van der Waals surface area contributed by atoms with Crippen LogP contribution in [0, 0.1) is 6.92 Å². The van der Waals surface area contributed by atoms with Gasteiger partial charge in [0, 0.05) is 11.8 Å². The van der Waals surface area contributed by atoms with Crippen LogP contribution in [-0.2, 0) is 9.59 Å². The Labute approximate surface area is 143 Å². The zero-order chi connectivity index (χ0) is 17.3. The van der Waals surface area contributed by atoms with Gasteiger partial charge in [0.05, 0.1) is 16.6 Å². The maximum Gasteiger partial charge on any atom is 0.244 e. The van der Waals surface area contributed by atoms with Gasteiger partial charge in [-0.1, -0.05) is 23.9 Å². The minimum Gasteiger partial charge on any atom is -0.384 e. The average Bonchev–Trinajstić information content (AvgIpc) is 2.52. The molecular weight excluding hydrogens is 326 g/mol. The van der Waals surface area contributed by atoms with Gasteiger partial charge in [-0.25, -0.2) is 9.97 Å². The molecule has 0 bridgehead atoms. The van der Waals surface area contributed by atoms with Gasteiger partial charge in [-0.15, -0.1) is 0 Å². The van der Waals surface area contributed by atoms with Crippen LogP contribution in [0.15, 0.2) is 35.5 Å². The van der Waals surface area contributed by atoms with E-state index in [1.807, 2.05) is 25.1 Å². The maximum atomic E-state index is 12.8. The molecular formula is C16H17N5O2S. The molecule has 24 heavy (non-hydrogen) atoms. The van der Waals surface area contributed by atoms with Crippen molar-refractivity contribution in [2.75, 3.05) is 22.5 Å². The quantitative estimate of drug-likeness (QED) is 0.651. The second-order valence-electron chi connectivity index (χ2n) is 5.47. The van der Waals surface area contributed by atoms with E-state index in [0.29, 0.717) is 22.3 Å².